The van der Waals surface area contributed by atoms with Gasteiger partial charge in [0.15, 0.2) is 0 Å². The highest BCUT2D eigenvalue weighted by Gasteiger charge is 2.27. The van der Waals surface area contributed by atoms with Gasteiger partial charge in [-0.05, 0) is 89.2 Å². The molecule has 0 atom stereocenters. The van der Waals surface area contributed by atoms with Crippen molar-refractivity contribution in [1.29, 1.82) is 0 Å². The van der Waals surface area contributed by atoms with E-state index in [1.54, 1.807) is 26.8 Å². The second-order valence-corrected chi connectivity index (χ2v) is 10.4. The van der Waals surface area contributed by atoms with Crippen LogP contribution in [0.3, 0.4) is 0 Å². The summed E-state index contributed by atoms with van der Waals surface area (Å²) < 4.78 is 58.1. The Morgan fingerprint density at radius 2 is 1.28 bits per heavy atom. The Balaban J connectivity index is 1.98. The molecule has 2 aromatic heterocycles. The molecule has 188 valence electrons. The fraction of sp³-hybridized carbons (Fsp3) is 0.217. The van der Waals surface area contributed by atoms with E-state index >= 15 is 0 Å². The van der Waals surface area contributed by atoms with Gasteiger partial charge in [-0.2, -0.15) is 10.2 Å². The van der Waals surface area contributed by atoms with E-state index in [1.807, 2.05) is 94.5 Å². The summed E-state index contributed by atoms with van der Waals surface area (Å²) in [4.78, 5) is 1.99. The van der Waals surface area contributed by atoms with Crippen LogP contribution in [0.15, 0.2) is 34.5 Å². The van der Waals surface area contributed by atoms with Crippen molar-refractivity contribution < 1.29 is 17.3 Å². The van der Waals surface area contributed by atoms with E-state index in [1.165, 1.54) is 12.4 Å². The fourth-order valence-electron chi connectivity index (χ4n) is 3.77. The van der Waals surface area contributed by atoms with Crippen LogP contribution in [0.2, 0.25) is 0 Å². The summed E-state index contributed by atoms with van der Waals surface area (Å²) >= 11 is 4.04. The number of hydrogen-bond acceptors (Lipinski definition) is 3. The minimum absolute atomic E-state index is 0.178. The SMILES string of the molecule is Cc1c(I)c(C)n(B(F)F)c1/C=N/N=C/c1c(/C=C/c2ccc(N(C)C)cc2)c(I)c(C)n1B(F)F. The molecule has 0 aliphatic carbocycles. The van der Waals surface area contributed by atoms with Crippen LogP contribution in [0.1, 0.15) is 39.5 Å². The largest absolute Gasteiger partial charge is 0.677 e. The molecule has 0 radical (unpaired) electrons. The van der Waals surface area contributed by atoms with Crippen molar-refractivity contribution in [3.8, 4) is 0 Å². The van der Waals surface area contributed by atoms with Crippen LogP contribution in [0.4, 0.5) is 23.0 Å². The third-order valence-electron chi connectivity index (χ3n) is 5.77. The predicted octanol–water partition coefficient (Wildman–Crippen LogP) is 6.66. The minimum Gasteiger partial charge on any atom is -0.378 e. The maximum absolute atomic E-state index is 13.9. The minimum atomic E-state index is -2.78. The molecular weight excluding hydrogens is 698 g/mol. The van der Waals surface area contributed by atoms with Crippen LogP contribution < -0.4 is 4.90 Å². The average molecular weight is 721 g/mol. The number of hydrogen-bond donors (Lipinski definition) is 0. The fourth-order valence-corrected chi connectivity index (χ4v) is 5.02. The van der Waals surface area contributed by atoms with E-state index in [-0.39, 0.29) is 11.4 Å². The van der Waals surface area contributed by atoms with E-state index in [0.717, 1.165) is 20.2 Å². The smallest absolute Gasteiger partial charge is 0.378 e. The highest BCUT2D eigenvalue weighted by molar-refractivity contribution is 14.1. The van der Waals surface area contributed by atoms with Crippen molar-refractivity contribution in [1.82, 2.24) is 8.96 Å². The molecule has 0 aliphatic heterocycles. The summed E-state index contributed by atoms with van der Waals surface area (Å²) in [7, 11) is -1.62. The van der Waals surface area contributed by atoms with E-state index in [4.69, 9.17) is 0 Å². The Morgan fingerprint density at radius 3 is 1.81 bits per heavy atom. The van der Waals surface area contributed by atoms with Crippen molar-refractivity contribution in [3.05, 3.63) is 70.9 Å². The molecule has 0 fully saturated rings. The molecule has 36 heavy (non-hydrogen) atoms. The maximum Gasteiger partial charge on any atom is 0.677 e. The molecule has 0 spiro atoms. The highest BCUT2D eigenvalue weighted by atomic mass is 127. The summed E-state index contributed by atoms with van der Waals surface area (Å²) in [5.74, 6) is 0. The molecule has 3 rings (SSSR count). The Morgan fingerprint density at radius 1 is 0.778 bits per heavy atom. The Labute approximate surface area is 236 Å². The first kappa shape index (κ1) is 28.5. The third-order valence-corrected chi connectivity index (χ3v) is 8.72. The zero-order valence-corrected chi connectivity index (χ0v) is 24.6. The van der Waals surface area contributed by atoms with Crippen LogP contribution in [-0.4, -0.2) is 50.3 Å². The van der Waals surface area contributed by atoms with Crippen LogP contribution in [0, 0.1) is 27.9 Å². The summed E-state index contributed by atoms with van der Waals surface area (Å²) in [6.45, 7) is 4.94. The van der Waals surface area contributed by atoms with E-state index in [2.05, 4.69) is 10.2 Å². The lowest BCUT2D eigenvalue weighted by atomic mass is 10.1. The van der Waals surface area contributed by atoms with Crippen LogP contribution in [-0.2, 0) is 0 Å². The maximum atomic E-state index is 13.9. The molecular formula is C23H23B2F4I2N5. The molecule has 0 N–H and O–H groups in total. The molecule has 0 amide bonds. The molecule has 1 aromatic carbocycles. The van der Waals surface area contributed by atoms with Gasteiger partial charge in [-0.25, -0.2) is 0 Å². The first-order chi connectivity index (χ1) is 17.0. The molecule has 0 bridgehead atoms. The van der Waals surface area contributed by atoms with E-state index in [9.17, 15) is 17.3 Å². The van der Waals surface area contributed by atoms with Gasteiger partial charge in [-0.1, -0.05) is 24.3 Å². The van der Waals surface area contributed by atoms with Gasteiger partial charge in [-0.15, -0.1) is 0 Å². The van der Waals surface area contributed by atoms with Crippen molar-refractivity contribution in [2.75, 3.05) is 19.0 Å². The molecule has 0 unspecified atom stereocenters. The van der Waals surface area contributed by atoms with E-state index < -0.39 is 14.8 Å². The summed E-state index contributed by atoms with van der Waals surface area (Å²) in [6, 6.07) is 7.82. The second kappa shape index (κ2) is 12.0. The molecule has 13 heteroatoms. The van der Waals surface area contributed by atoms with E-state index in [0.29, 0.717) is 29.7 Å². The van der Waals surface area contributed by atoms with Crippen LogP contribution in [0.5, 0.6) is 0 Å². The Hall–Kier alpha value is -2.03. The van der Waals surface area contributed by atoms with Crippen LogP contribution >= 0.6 is 45.2 Å². The average Bonchev–Trinajstić information content (AvgIpc) is 3.19. The second-order valence-electron chi connectivity index (χ2n) is 8.21. The molecule has 0 saturated heterocycles. The highest BCUT2D eigenvalue weighted by Crippen LogP contribution is 2.27. The Bertz CT molecular complexity index is 1330. The number of halogens is 6. The van der Waals surface area contributed by atoms with Crippen molar-refractivity contribution >= 4 is 90.3 Å². The quantitative estimate of drug-likeness (QED) is 0.0845. The molecule has 5 nitrogen and oxygen atoms in total. The van der Waals surface area contributed by atoms with Gasteiger partial charge in [0, 0.05) is 43.9 Å². The van der Waals surface area contributed by atoms with Crippen molar-refractivity contribution in [2.24, 2.45) is 10.2 Å². The van der Waals surface area contributed by atoms with Crippen LogP contribution in [0.25, 0.3) is 12.2 Å². The first-order valence-electron chi connectivity index (χ1n) is 10.8. The lowest BCUT2D eigenvalue weighted by molar-refractivity contribution is 0.623. The summed E-state index contributed by atoms with van der Waals surface area (Å²) in [5, 5.41) is 7.87. The van der Waals surface area contributed by atoms with Crippen molar-refractivity contribution in [3.63, 3.8) is 0 Å². The number of benzene rings is 1. The van der Waals surface area contributed by atoms with Gasteiger partial charge in [0.25, 0.3) is 0 Å². The zero-order valence-electron chi connectivity index (χ0n) is 20.3. The summed E-state index contributed by atoms with van der Waals surface area (Å²) in [6.07, 6.45) is 6.06. The monoisotopic (exact) mass is 721 g/mol. The van der Waals surface area contributed by atoms with Gasteiger partial charge >= 0.3 is 14.8 Å². The normalized spacial score (nSPS) is 12.0. The number of anilines is 1. The lowest BCUT2D eigenvalue weighted by Crippen LogP contribution is -2.18. The molecule has 3 aromatic rings. The lowest BCUT2D eigenvalue weighted by Gasteiger charge is -2.11. The van der Waals surface area contributed by atoms with Gasteiger partial charge < -0.3 is 13.9 Å². The Kier molecular flexibility index (Phi) is 9.52. The standard InChI is InChI=1S/C23H23B2F4I2N5/c1-14-20(35(24(26)27)15(2)22(14)30)12-32-33-13-21-19(23(31)16(3)36(21)25(28)29)11-8-17-6-9-18(10-7-17)34(4)5/h6-13H,1-5H3/b11-8+,32-12+,33-13+. The summed E-state index contributed by atoms with van der Waals surface area (Å²) in [5.41, 5.74) is 4.40. The van der Waals surface area contributed by atoms with Gasteiger partial charge in [-0.3, -0.25) is 17.3 Å². The van der Waals surface area contributed by atoms with Gasteiger partial charge in [0.05, 0.1) is 23.8 Å². The third kappa shape index (κ3) is 5.92. The molecule has 0 saturated carbocycles. The van der Waals surface area contributed by atoms with Gasteiger partial charge in [0.1, 0.15) is 0 Å². The topological polar surface area (TPSA) is 37.8 Å². The number of rotatable bonds is 8. The number of nitrogens with zero attached hydrogens (tertiary/aromatic N) is 5. The van der Waals surface area contributed by atoms with Gasteiger partial charge in [0.2, 0.25) is 0 Å². The molecule has 0 aliphatic rings. The number of aromatic nitrogens is 2. The van der Waals surface area contributed by atoms with Crippen molar-refractivity contribution in [2.45, 2.75) is 20.8 Å². The zero-order chi connectivity index (χ0) is 26.7. The molecule has 2 heterocycles. The first-order valence-corrected chi connectivity index (χ1v) is 13.0. The predicted molar refractivity (Wildman–Crippen MR) is 160 cm³/mol.